The number of hydrogen-bond donors (Lipinski definition) is 3. The molecule has 1 aromatic heterocycles. The van der Waals surface area contributed by atoms with Gasteiger partial charge in [-0.1, -0.05) is 6.92 Å². The van der Waals surface area contributed by atoms with Crippen LogP contribution in [0.25, 0.3) is 0 Å². The Morgan fingerprint density at radius 2 is 2.12 bits per heavy atom. The minimum atomic E-state index is 0.487. The van der Waals surface area contributed by atoms with Crippen molar-refractivity contribution in [2.45, 2.75) is 26.2 Å². The molecule has 1 saturated carbocycles. The normalized spacial score (nSPS) is 16.9. The molecule has 0 aromatic carbocycles. The summed E-state index contributed by atoms with van der Waals surface area (Å²) in [4.78, 5) is 8.19. The van der Waals surface area contributed by atoms with Crippen LogP contribution >= 0.6 is 15.9 Å². The van der Waals surface area contributed by atoms with Crippen molar-refractivity contribution in [2.24, 2.45) is 11.3 Å². The van der Waals surface area contributed by atoms with E-state index in [1.54, 1.807) is 0 Å². The van der Waals surface area contributed by atoms with Crippen molar-refractivity contribution in [3.05, 3.63) is 10.8 Å². The Bertz CT molecular complexity index is 377. The van der Waals surface area contributed by atoms with Gasteiger partial charge in [-0.25, -0.2) is 15.8 Å². The van der Waals surface area contributed by atoms with Gasteiger partial charge in [-0.15, -0.1) is 0 Å². The highest BCUT2D eigenvalue weighted by molar-refractivity contribution is 9.10. The number of anilines is 2. The van der Waals surface area contributed by atoms with Gasteiger partial charge in [-0.2, -0.15) is 0 Å². The zero-order valence-corrected chi connectivity index (χ0v) is 10.8. The minimum absolute atomic E-state index is 0.487. The Hall–Kier alpha value is -0.880. The predicted octanol–water partition coefficient (Wildman–Crippen LogP) is 2.13. The standard InChI is InChI=1S/C10H16BrN5/c1-2-10(3-4-10)5-13-8-7(11)9(16-12)15-6-14-8/h6H,2-5,12H2,1H3,(H2,13,14,15,16). The highest BCUT2D eigenvalue weighted by Crippen LogP contribution is 2.48. The van der Waals surface area contributed by atoms with Crippen molar-refractivity contribution in [2.75, 3.05) is 17.3 Å². The minimum Gasteiger partial charge on any atom is -0.368 e. The Kier molecular flexibility index (Phi) is 3.30. The van der Waals surface area contributed by atoms with E-state index < -0.39 is 0 Å². The molecule has 16 heavy (non-hydrogen) atoms. The zero-order valence-electron chi connectivity index (χ0n) is 9.26. The molecule has 1 heterocycles. The third-order valence-electron chi connectivity index (χ3n) is 3.26. The summed E-state index contributed by atoms with van der Waals surface area (Å²) in [6, 6.07) is 0. The summed E-state index contributed by atoms with van der Waals surface area (Å²) in [6.07, 6.45) is 5.32. The molecule has 1 aromatic rings. The number of nitrogens with zero attached hydrogens (tertiary/aromatic N) is 2. The zero-order chi connectivity index (χ0) is 11.6. The largest absolute Gasteiger partial charge is 0.368 e. The van der Waals surface area contributed by atoms with E-state index >= 15 is 0 Å². The fraction of sp³-hybridized carbons (Fsp3) is 0.600. The van der Waals surface area contributed by atoms with Gasteiger partial charge in [-0.05, 0) is 40.6 Å². The van der Waals surface area contributed by atoms with Crippen LogP contribution in [0.15, 0.2) is 10.8 Å². The number of aromatic nitrogens is 2. The number of nitrogen functional groups attached to an aromatic ring is 1. The number of nitrogens with one attached hydrogen (secondary N) is 2. The van der Waals surface area contributed by atoms with Crippen LogP contribution in [-0.4, -0.2) is 16.5 Å². The SMILES string of the molecule is CCC1(CNc2ncnc(NN)c2Br)CC1. The second-order valence-corrected chi connectivity index (χ2v) is 5.03. The van der Waals surface area contributed by atoms with Crippen LogP contribution in [0.3, 0.4) is 0 Å². The van der Waals surface area contributed by atoms with Gasteiger partial charge in [0.25, 0.3) is 0 Å². The summed E-state index contributed by atoms with van der Waals surface area (Å²) in [5.41, 5.74) is 3.01. The Labute approximate surface area is 103 Å². The first kappa shape index (κ1) is 11.6. The van der Waals surface area contributed by atoms with Crippen molar-refractivity contribution in [3.63, 3.8) is 0 Å². The maximum Gasteiger partial charge on any atom is 0.159 e. The molecule has 0 atom stereocenters. The lowest BCUT2D eigenvalue weighted by atomic mass is 10.0. The summed E-state index contributed by atoms with van der Waals surface area (Å²) >= 11 is 3.42. The van der Waals surface area contributed by atoms with Crippen LogP contribution in [0, 0.1) is 5.41 Å². The summed E-state index contributed by atoms with van der Waals surface area (Å²) < 4.78 is 0.782. The van der Waals surface area contributed by atoms with E-state index in [0.29, 0.717) is 11.2 Å². The summed E-state index contributed by atoms with van der Waals surface area (Å²) in [6.45, 7) is 3.19. The number of nitrogens with two attached hydrogens (primary N) is 1. The molecule has 0 radical (unpaired) electrons. The van der Waals surface area contributed by atoms with E-state index in [-0.39, 0.29) is 0 Å². The maximum absolute atomic E-state index is 5.34. The smallest absolute Gasteiger partial charge is 0.159 e. The molecule has 0 bridgehead atoms. The van der Waals surface area contributed by atoms with Crippen molar-refractivity contribution in [1.82, 2.24) is 9.97 Å². The Morgan fingerprint density at radius 1 is 1.44 bits per heavy atom. The van der Waals surface area contributed by atoms with Gasteiger partial charge in [-0.3, -0.25) is 0 Å². The molecule has 1 aliphatic carbocycles. The first-order chi connectivity index (χ1) is 7.71. The fourth-order valence-electron chi connectivity index (χ4n) is 1.70. The lowest BCUT2D eigenvalue weighted by Crippen LogP contribution is -2.17. The van der Waals surface area contributed by atoms with Crippen molar-refractivity contribution in [1.29, 1.82) is 0 Å². The second kappa shape index (κ2) is 4.55. The molecule has 0 saturated heterocycles. The van der Waals surface area contributed by atoms with Crippen molar-refractivity contribution in [3.8, 4) is 0 Å². The molecular weight excluding hydrogens is 270 g/mol. The topological polar surface area (TPSA) is 75.9 Å². The van der Waals surface area contributed by atoms with Crippen LogP contribution < -0.4 is 16.6 Å². The molecule has 1 fully saturated rings. The summed E-state index contributed by atoms with van der Waals surface area (Å²) in [7, 11) is 0. The third kappa shape index (κ3) is 2.27. The fourth-order valence-corrected chi connectivity index (χ4v) is 2.16. The highest BCUT2D eigenvalue weighted by Gasteiger charge is 2.40. The van der Waals surface area contributed by atoms with Crippen LogP contribution in [0.2, 0.25) is 0 Å². The highest BCUT2D eigenvalue weighted by atomic mass is 79.9. The first-order valence-electron chi connectivity index (χ1n) is 5.42. The summed E-state index contributed by atoms with van der Waals surface area (Å²) in [5.74, 6) is 6.73. The maximum atomic E-state index is 5.34. The van der Waals surface area contributed by atoms with Gasteiger partial charge in [0.15, 0.2) is 5.82 Å². The second-order valence-electron chi connectivity index (χ2n) is 4.24. The third-order valence-corrected chi connectivity index (χ3v) is 4.02. The van der Waals surface area contributed by atoms with E-state index in [2.05, 4.69) is 43.6 Å². The van der Waals surface area contributed by atoms with E-state index in [4.69, 9.17) is 5.84 Å². The average molecular weight is 286 g/mol. The van der Waals surface area contributed by atoms with Crippen LogP contribution in [0.1, 0.15) is 26.2 Å². The van der Waals surface area contributed by atoms with Gasteiger partial charge < -0.3 is 10.7 Å². The van der Waals surface area contributed by atoms with E-state index in [1.165, 1.54) is 25.6 Å². The van der Waals surface area contributed by atoms with E-state index in [1.807, 2.05) is 0 Å². The first-order valence-corrected chi connectivity index (χ1v) is 6.21. The van der Waals surface area contributed by atoms with Gasteiger partial charge in [0.05, 0.1) is 0 Å². The van der Waals surface area contributed by atoms with Crippen LogP contribution in [0.5, 0.6) is 0 Å². The Balaban J connectivity index is 2.04. The Morgan fingerprint density at radius 3 is 2.69 bits per heavy atom. The van der Waals surface area contributed by atoms with E-state index in [0.717, 1.165) is 16.8 Å². The molecule has 0 unspecified atom stereocenters. The van der Waals surface area contributed by atoms with Gasteiger partial charge in [0.2, 0.25) is 0 Å². The lowest BCUT2D eigenvalue weighted by molar-refractivity contribution is 0.520. The molecular formula is C10H16BrN5. The average Bonchev–Trinajstić information content (AvgIpc) is 3.08. The molecule has 88 valence electrons. The number of hydrogen-bond acceptors (Lipinski definition) is 5. The molecule has 2 rings (SSSR count). The molecule has 5 nitrogen and oxygen atoms in total. The predicted molar refractivity (Wildman–Crippen MR) is 68.0 cm³/mol. The number of rotatable bonds is 5. The van der Waals surface area contributed by atoms with Gasteiger partial charge in [0, 0.05) is 6.54 Å². The monoisotopic (exact) mass is 285 g/mol. The van der Waals surface area contributed by atoms with Crippen molar-refractivity contribution >= 4 is 27.6 Å². The quantitative estimate of drug-likeness (QED) is 0.571. The van der Waals surface area contributed by atoms with Gasteiger partial charge in [0.1, 0.15) is 16.6 Å². The van der Waals surface area contributed by atoms with E-state index in [9.17, 15) is 0 Å². The van der Waals surface area contributed by atoms with Gasteiger partial charge >= 0.3 is 0 Å². The molecule has 1 aliphatic rings. The number of hydrazine groups is 1. The van der Waals surface area contributed by atoms with Crippen LogP contribution in [-0.2, 0) is 0 Å². The van der Waals surface area contributed by atoms with Crippen LogP contribution in [0.4, 0.5) is 11.6 Å². The molecule has 0 amide bonds. The molecule has 0 aliphatic heterocycles. The lowest BCUT2D eigenvalue weighted by Gasteiger charge is -2.15. The molecule has 4 N–H and O–H groups in total. The molecule has 0 spiro atoms. The number of halogens is 1. The summed E-state index contributed by atoms with van der Waals surface area (Å²) in [5, 5.41) is 3.35. The molecule has 6 heteroatoms. The van der Waals surface area contributed by atoms with Crippen molar-refractivity contribution < 1.29 is 0 Å².